The zero-order valence-corrected chi connectivity index (χ0v) is 25.2. The van der Waals surface area contributed by atoms with Gasteiger partial charge in [0, 0.05) is 22.9 Å². The molecule has 0 saturated heterocycles. The van der Waals surface area contributed by atoms with E-state index >= 15 is 0 Å². The molecule has 8 heteroatoms. The molecule has 6 rings (SSSR count). The van der Waals surface area contributed by atoms with E-state index in [0.29, 0.717) is 72.7 Å². The Balaban J connectivity index is 0.970. The molecule has 0 fully saturated rings. The Morgan fingerprint density at radius 1 is 0.587 bits per heavy atom. The Morgan fingerprint density at radius 2 is 1.04 bits per heavy atom. The zero-order chi connectivity index (χ0) is 31.7. The molecule has 0 amide bonds. The number of hydrogen-bond acceptors (Lipinski definition) is 8. The lowest BCUT2D eigenvalue weighted by atomic mass is 10.1. The molecule has 8 nitrogen and oxygen atoms in total. The second kappa shape index (κ2) is 14.7. The predicted octanol–water partition coefficient (Wildman–Crippen LogP) is 7.59. The van der Waals surface area contributed by atoms with Crippen molar-refractivity contribution in [2.45, 2.75) is 31.8 Å². The van der Waals surface area contributed by atoms with E-state index in [1.807, 2.05) is 97.1 Å². The summed E-state index contributed by atoms with van der Waals surface area (Å²) in [6.45, 7) is 0.511. The highest BCUT2D eigenvalue weighted by atomic mass is 16.6. The first-order valence-corrected chi connectivity index (χ1v) is 15.3. The van der Waals surface area contributed by atoms with E-state index in [0.717, 1.165) is 21.9 Å². The normalized spacial score (nSPS) is 11.3. The van der Waals surface area contributed by atoms with Gasteiger partial charge in [0.1, 0.15) is 29.5 Å². The molecule has 46 heavy (non-hydrogen) atoms. The molecule has 2 aromatic heterocycles. The number of ether oxygens (including phenoxy) is 3. The lowest BCUT2D eigenvalue weighted by molar-refractivity contribution is -0.0585. The number of aliphatic hydroxyl groups excluding tert-OH is 1. The molecule has 0 aliphatic rings. The first-order chi connectivity index (χ1) is 22.6. The predicted molar refractivity (Wildman–Crippen MR) is 177 cm³/mol. The molecule has 0 radical (unpaired) electrons. The molecule has 0 aliphatic carbocycles. The van der Waals surface area contributed by atoms with Crippen LogP contribution in [-0.4, -0.2) is 31.2 Å². The molecule has 0 spiro atoms. The van der Waals surface area contributed by atoms with Crippen molar-refractivity contribution in [1.29, 1.82) is 0 Å². The summed E-state index contributed by atoms with van der Waals surface area (Å²) in [5.41, 5.74) is 2.80. The lowest BCUT2D eigenvalue weighted by Gasteiger charge is -2.17. The van der Waals surface area contributed by atoms with E-state index in [1.165, 1.54) is 0 Å². The topological polar surface area (TPSA) is 108 Å². The average Bonchev–Trinajstić information content (AvgIpc) is 3.08. The summed E-state index contributed by atoms with van der Waals surface area (Å²) >= 11 is 0. The highest BCUT2D eigenvalue weighted by Gasteiger charge is 2.12. The van der Waals surface area contributed by atoms with Crippen molar-refractivity contribution in [2.75, 3.05) is 20.0 Å². The largest absolute Gasteiger partial charge is 0.493 e. The van der Waals surface area contributed by atoms with Crippen LogP contribution >= 0.6 is 0 Å². The van der Waals surface area contributed by atoms with Crippen molar-refractivity contribution in [1.82, 2.24) is 0 Å². The molecule has 0 unspecified atom stereocenters. The third-order valence-electron chi connectivity index (χ3n) is 7.77. The fourth-order valence-electron chi connectivity index (χ4n) is 5.42. The molecule has 4 aromatic carbocycles. The van der Waals surface area contributed by atoms with Gasteiger partial charge in [0.25, 0.3) is 0 Å². The van der Waals surface area contributed by atoms with Gasteiger partial charge in [-0.15, -0.1) is 0 Å². The van der Waals surface area contributed by atoms with E-state index < -0.39 is 11.3 Å². The third-order valence-corrected chi connectivity index (χ3v) is 7.77. The summed E-state index contributed by atoms with van der Waals surface area (Å²) in [4.78, 5) is 25.2. The molecular weight excluding hydrogens is 584 g/mol. The van der Waals surface area contributed by atoms with Gasteiger partial charge in [0.05, 0.1) is 30.4 Å². The van der Waals surface area contributed by atoms with Crippen LogP contribution < -0.4 is 20.7 Å². The highest BCUT2D eigenvalue weighted by molar-refractivity contribution is 5.83. The van der Waals surface area contributed by atoms with Gasteiger partial charge in [0.2, 0.25) is 0 Å². The van der Waals surface area contributed by atoms with Gasteiger partial charge in [-0.1, -0.05) is 60.7 Å². The summed E-state index contributed by atoms with van der Waals surface area (Å²) < 4.78 is 28.5. The Bertz CT molecular complexity index is 1870. The summed E-state index contributed by atoms with van der Waals surface area (Å²) in [6, 6.07) is 33.5. The number of hydrogen-bond donors (Lipinski definition) is 1. The molecule has 0 aliphatic heterocycles. The zero-order valence-electron chi connectivity index (χ0n) is 25.2. The van der Waals surface area contributed by atoms with Crippen LogP contribution in [0.3, 0.4) is 0 Å². The smallest absolute Gasteiger partial charge is 0.344 e. The third kappa shape index (κ3) is 7.54. The van der Waals surface area contributed by atoms with E-state index in [1.54, 1.807) is 12.1 Å². The van der Waals surface area contributed by atoms with Crippen LogP contribution in [0.4, 0.5) is 0 Å². The molecule has 2 heterocycles. The Morgan fingerprint density at radius 3 is 1.48 bits per heavy atom. The number of rotatable bonds is 14. The number of benzene rings is 4. The van der Waals surface area contributed by atoms with Gasteiger partial charge in [-0.25, -0.2) is 9.59 Å². The van der Waals surface area contributed by atoms with Crippen molar-refractivity contribution in [3.05, 3.63) is 130 Å². The SMILES string of the molecule is O=c1oc2cc(OCCCC(CCCOc3ccc4cc(-c5ccccc5)c(=O)oc4c3)OCO)ccc2cc1-c1ccccc1. The minimum Gasteiger partial charge on any atom is -0.493 e. The van der Waals surface area contributed by atoms with Crippen LogP contribution in [0.25, 0.3) is 44.2 Å². The quantitative estimate of drug-likeness (QED) is 0.0756. The highest BCUT2D eigenvalue weighted by Crippen LogP contribution is 2.26. The maximum Gasteiger partial charge on any atom is 0.344 e. The van der Waals surface area contributed by atoms with Gasteiger partial charge in [0.15, 0.2) is 0 Å². The van der Waals surface area contributed by atoms with Crippen molar-refractivity contribution in [3.63, 3.8) is 0 Å². The van der Waals surface area contributed by atoms with Crippen LogP contribution in [-0.2, 0) is 4.74 Å². The Hall–Kier alpha value is -5.18. The van der Waals surface area contributed by atoms with Crippen molar-refractivity contribution >= 4 is 21.9 Å². The van der Waals surface area contributed by atoms with E-state index in [-0.39, 0.29) is 12.9 Å². The molecule has 6 aromatic rings. The summed E-state index contributed by atoms with van der Waals surface area (Å²) in [6.07, 6.45) is 2.63. The van der Waals surface area contributed by atoms with Crippen molar-refractivity contribution in [3.8, 4) is 33.8 Å². The first kappa shape index (κ1) is 30.8. The summed E-state index contributed by atoms with van der Waals surface area (Å²) in [7, 11) is 0. The van der Waals surface area contributed by atoms with Crippen molar-refractivity contribution < 1.29 is 28.2 Å². The van der Waals surface area contributed by atoms with E-state index in [9.17, 15) is 14.7 Å². The van der Waals surface area contributed by atoms with Crippen LogP contribution in [0.1, 0.15) is 25.7 Å². The second-order valence-corrected chi connectivity index (χ2v) is 10.9. The lowest BCUT2D eigenvalue weighted by Crippen LogP contribution is -2.16. The van der Waals surface area contributed by atoms with Crippen LogP contribution in [0.2, 0.25) is 0 Å². The maximum absolute atomic E-state index is 12.6. The van der Waals surface area contributed by atoms with Crippen LogP contribution in [0.5, 0.6) is 11.5 Å². The van der Waals surface area contributed by atoms with Gasteiger partial charge >= 0.3 is 11.3 Å². The second-order valence-electron chi connectivity index (χ2n) is 10.9. The molecular formula is C38H34O8. The minimum absolute atomic E-state index is 0.158. The van der Waals surface area contributed by atoms with Gasteiger partial charge in [-0.05, 0) is 73.2 Å². The van der Waals surface area contributed by atoms with E-state index in [4.69, 9.17) is 23.0 Å². The fraction of sp³-hybridized carbons (Fsp3) is 0.211. The number of aliphatic hydroxyl groups is 1. The fourth-order valence-corrected chi connectivity index (χ4v) is 5.42. The molecule has 0 atom stereocenters. The summed E-state index contributed by atoms with van der Waals surface area (Å²) in [5.74, 6) is 1.22. The molecule has 1 N–H and O–H groups in total. The van der Waals surface area contributed by atoms with Crippen LogP contribution in [0, 0.1) is 0 Å². The summed E-state index contributed by atoms with van der Waals surface area (Å²) in [5, 5.41) is 11.0. The first-order valence-electron chi connectivity index (χ1n) is 15.3. The van der Waals surface area contributed by atoms with Gasteiger partial charge < -0.3 is 28.2 Å². The Labute approximate surface area is 265 Å². The molecule has 0 bridgehead atoms. The number of fused-ring (bicyclic) bond motifs is 2. The van der Waals surface area contributed by atoms with Gasteiger partial charge in [-0.3, -0.25) is 0 Å². The Kier molecular flexibility index (Phi) is 9.87. The van der Waals surface area contributed by atoms with Gasteiger partial charge in [-0.2, -0.15) is 0 Å². The van der Waals surface area contributed by atoms with Crippen molar-refractivity contribution in [2.24, 2.45) is 0 Å². The molecule has 0 saturated carbocycles. The monoisotopic (exact) mass is 618 g/mol. The maximum atomic E-state index is 12.6. The van der Waals surface area contributed by atoms with E-state index in [2.05, 4.69) is 0 Å². The average molecular weight is 619 g/mol. The molecule has 234 valence electrons. The van der Waals surface area contributed by atoms with Crippen LogP contribution in [0.15, 0.2) is 128 Å². The minimum atomic E-state index is -0.395. The standard InChI is InChI=1S/C38H34O8/c39-25-44-30(13-7-19-42-31-17-15-28-21-33(26-9-3-1-4-10-26)37(40)45-35(28)23-31)14-8-20-43-32-18-16-29-22-34(27-11-5-2-6-12-27)38(41)46-36(29)24-32/h1-6,9-12,15-18,21-24,30,39H,7-8,13-14,19-20,25H2.